The fraction of sp³-hybridized carbons (Fsp3) is 0.125. The SMILES string of the molecule is COC(=O)c1ncn2c(C)c(-c3c(F)ccc(N)c3F)ccc12. The lowest BCUT2D eigenvalue weighted by Crippen LogP contribution is -2.04. The average molecular weight is 317 g/mol. The van der Waals surface area contributed by atoms with E-state index in [1.54, 1.807) is 17.4 Å². The standard InChI is InChI=1S/C16H13F2N3O2/c1-8-9(13-10(17)4-5-11(19)14(13)18)3-6-12-15(16(22)23-2)20-7-21(8)12/h3-7H,19H2,1-2H3. The minimum atomic E-state index is -0.819. The number of hydrogen-bond donors (Lipinski definition) is 1. The van der Waals surface area contributed by atoms with Gasteiger partial charge in [-0.1, -0.05) is 6.07 Å². The van der Waals surface area contributed by atoms with E-state index in [1.165, 1.54) is 25.6 Å². The second-order valence-corrected chi connectivity index (χ2v) is 5.00. The van der Waals surface area contributed by atoms with Crippen LogP contribution in [0.5, 0.6) is 0 Å². The number of fused-ring (bicyclic) bond motifs is 1. The number of carbonyl (C=O) groups excluding carboxylic acids is 1. The number of imidazole rings is 1. The van der Waals surface area contributed by atoms with Crippen LogP contribution < -0.4 is 5.73 Å². The molecule has 0 saturated carbocycles. The molecule has 5 nitrogen and oxygen atoms in total. The first-order chi connectivity index (χ1) is 11.0. The maximum Gasteiger partial charge on any atom is 0.358 e. The van der Waals surface area contributed by atoms with Gasteiger partial charge in [-0.3, -0.25) is 0 Å². The number of benzene rings is 1. The van der Waals surface area contributed by atoms with Crippen molar-refractivity contribution in [2.24, 2.45) is 0 Å². The summed E-state index contributed by atoms with van der Waals surface area (Å²) >= 11 is 0. The molecule has 2 N–H and O–H groups in total. The van der Waals surface area contributed by atoms with Crippen molar-refractivity contribution < 1.29 is 18.3 Å². The van der Waals surface area contributed by atoms with Gasteiger partial charge in [-0.2, -0.15) is 0 Å². The normalized spacial score (nSPS) is 11.0. The highest BCUT2D eigenvalue weighted by Crippen LogP contribution is 2.32. The van der Waals surface area contributed by atoms with Crippen LogP contribution in [0.25, 0.3) is 16.6 Å². The quantitative estimate of drug-likeness (QED) is 0.583. The van der Waals surface area contributed by atoms with E-state index in [4.69, 9.17) is 5.73 Å². The smallest absolute Gasteiger partial charge is 0.358 e. The minimum Gasteiger partial charge on any atom is -0.464 e. The average Bonchev–Trinajstić information content (AvgIpc) is 2.97. The molecule has 3 rings (SSSR count). The highest BCUT2D eigenvalue weighted by atomic mass is 19.1. The van der Waals surface area contributed by atoms with E-state index >= 15 is 0 Å². The first-order valence-electron chi connectivity index (χ1n) is 6.74. The number of methoxy groups -OCH3 is 1. The Hall–Kier alpha value is -2.96. The van der Waals surface area contributed by atoms with E-state index in [1.807, 2.05) is 0 Å². The number of hydrogen-bond acceptors (Lipinski definition) is 4. The molecule has 0 fully saturated rings. The van der Waals surface area contributed by atoms with Crippen LogP contribution >= 0.6 is 0 Å². The summed E-state index contributed by atoms with van der Waals surface area (Å²) in [7, 11) is 1.26. The van der Waals surface area contributed by atoms with Gasteiger partial charge in [-0.25, -0.2) is 18.6 Å². The topological polar surface area (TPSA) is 69.6 Å². The Bertz CT molecular complexity index is 935. The monoisotopic (exact) mass is 317 g/mol. The van der Waals surface area contributed by atoms with Gasteiger partial charge in [0.25, 0.3) is 0 Å². The van der Waals surface area contributed by atoms with Crippen molar-refractivity contribution in [1.82, 2.24) is 9.38 Å². The van der Waals surface area contributed by atoms with E-state index in [-0.39, 0.29) is 16.9 Å². The third-order valence-electron chi connectivity index (χ3n) is 3.73. The lowest BCUT2D eigenvalue weighted by Gasteiger charge is -2.12. The van der Waals surface area contributed by atoms with E-state index in [2.05, 4.69) is 9.72 Å². The zero-order chi connectivity index (χ0) is 16.7. The molecule has 3 aromatic rings. The number of nitrogens with two attached hydrogens (primary N) is 1. The van der Waals surface area contributed by atoms with Crippen molar-refractivity contribution in [2.75, 3.05) is 12.8 Å². The summed E-state index contributed by atoms with van der Waals surface area (Å²) in [6.07, 6.45) is 1.41. The third kappa shape index (κ3) is 2.21. The van der Waals surface area contributed by atoms with Crippen LogP contribution in [-0.2, 0) is 4.74 Å². The summed E-state index contributed by atoms with van der Waals surface area (Å²) in [5.74, 6) is -2.12. The first-order valence-corrected chi connectivity index (χ1v) is 6.74. The van der Waals surface area contributed by atoms with E-state index < -0.39 is 17.6 Å². The number of pyridine rings is 1. The molecule has 118 valence electrons. The molecule has 0 radical (unpaired) electrons. The Labute approximate surface area is 130 Å². The number of aromatic nitrogens is 2. The lowest BCUT2D eigenvalue weighted by atomic mass is 10.0. The number of aryl methyl sites for hydroxylation is 1. The number of halogens is 2. The Morgan fingerprint density at radius 3 is 2.70 bits per heavy atom. The van der Waals surface area contributed by atoms with Gasteiger partial charge >= 0.3 is 5.97 Å². The van der Waals surface area contributed by atoms with Gasteiger partial charge in [-0.15, -0.1) is 0 Å². The zero-order valence-corrected chi connectivity index (χ0v) is 12.4. The van der Waals surface area contributed by atoms with Crippen LogP contribution in [0.2, 0.25) is 0 Å². The van der Waals surface area contributed by atoms with Crippen LogP contribution in [0.3, 0.4) is 0 Å². The van der Waals surface area contributed by atoms with E-state index in [0.717, 1.165) is 6.07 Å². The number of nitrogen functional groups attached to an aromatic ring is 1. The molecule has 0 aliphatic carbocycles. The number of rotatable bonds is 2. The molecular formula is C16H13F2N3O2. The van der Waals surface area contributed by atoms with Gasteiger partial charge in [0, 0.05) is 11.3 Å². The molecule has 2 aromatic heterocycles. The molecule has 0 aliphatic heterocycles. The van der Waals surface area contributed by atoms with Gasteiger partial charge in [0.15, 0.2) is 11.5 Å². The Morgan fingerprint density at radius 1 is 1.26 bits per heavy atom. The summed E-state index contributed by atoms with van der Waals surface area (Å²) < 4.78 is 34.6. The molecule has 0 unspecified atom stereocenters. The number of carbonyl (C=O) groups is 1. The van der Waals surface area contributed by atoms with Crippen LogP contribution in [0.4, 0.5) is 14.5 Å². The number of anilines is 1. The summed E-state index contributed by atoms with van der Waals surface area (Å²) in [4.78, 5) is 15.7. The lowest BCUT2D eigenvalue weighted by molar-refractivity contribution is 0.0597. The predicted octanol–water partition coefficient (Wildman–Crippen LogP) is 2.96. The van der Waals surface area contributed by atoms with E-state index in [9.17, 15) is 13.6 Å². The van der Waals surface area contributed by atoms with Gasteiger partial charge in [0.05, 0.1) is 23.9 Å². The zero-order valence-electron chi connectivity index (χ0n) is 12.4. The second-order valence-electron chi connectivity index (χ2n) is 5.00. The molecule has 0 bridgehead atoms. The maximum absolute atomic E-state index is 14.3. The molecular weight excluding hydrogens is 304 g/mol. The fourth-order valence-corrected chi connectivity index (χ4v) is 2.53. The maximum atomic E-state index is 14.3. The van der Waals surface area contributed by atoms with Crippen LogP contribution in [0, 0.1) is 18.6 Å². The van der Waals surface area contributed by atoms with Crippen molar-refractivity contribution in [3.05, 3.63) is 53.6 Å². The Kier molecular flexibility index (Phi) is 3.48. The van der Waals surface area contributed by atoms with Gasteiger partial charge < -0.3 is 14.9 Å². The largest absolute Gasteiger partial charge is 0.464 e. The van der Waals surface area contributed by atoms with Crippen molar-refractivity contribution >= 4 is 17.2 Å². The number of esters is 1. The number of ether oxygens (including phenoxy) is 1. The van der Waals surface area contributed by atoms with Crippen molar-refractivity contribution in [3.8, 4) is 11.1 Å². The first kappa shape index (κ1) is 15.0. The second kappa shape index (κ2) is 5.35. The van der Waals surface area contributed by atoms with Crippen LogP contribution in [0.15, 0.2) is 30.6 Å². The van der Waals surface area contributed by atoms with E-state index in [0.29, 0.717) is 16.8 Å². The van der Waals surface area contributed by atoms with Gasteiger partial charge in [0.2, 0.25) is 0 Å². The van der Waals surface area contributed by atoms with Crippen molar-refractivity contribution in [1.29, 1.82) is 0 Å². The summed E-state index contributed by atoms with van der Waals surface area (Å²) in [5.41, 5.74) is 6.65. The molecule has 0 aliphatic rings. The number of nitrogens with zero attached hydrogens (tertiary/aromatic N) is 2. The summed E-state index contributed by atoms with van der Waals surface area (Å²) in [5, 5.41) is 0. The van der Waals surface area contributed by atoms with Gasteiger partial charge in [0.1, 0.15) is 12.1 Å². The molecule has 0 atom stereocenters. The fourth-order valence-electron chi connectivity index (χ4n) is 2.53. The highest BCUT2D eigenvalue weighted by molar-refractivity contribution is 5.95. The Morgan fingerprint density at radius 2 is 2.00 bits per heavy atom. The third-order valence-corrected chi connectivity index (χ3v) is 3.73. The summed E-state index contributed by atoms with van der Waals surface area (Å²) in [6.45, 7) is 1.67. The molecule has 0 spiro atoms. The minimum absolute atomic E-state index is 0.135. The predicted molar refractivity (Wildman–Crippen MR) is 81.0 cm³/mol. The Balaban J connectivity index is 2.28. The van der Waals surface area contributed by atoms with Crippen molar-refractivity contribution in [3.63, 3.8) is 0 Å². The molecule has 0 amide bonds. The molecule has 2 heterocycles. The molecule has 1 aromatic carbocycles. The van der Waals surface area contributed by atoms with Crippen molar-refractivity contribution in [2.45, 2.75) is 6.92 Å². The van der Waals surface area contributed by atoms with Crippen LogP contribution in [0.1, 0.15) is 16.2 Å². The van der Waals surface area contributed by atoms with Crippen LogP contribution in [-0.4, -0.2) is 22.5 Å². The van der Waals surface area contributed by atoms with Gasteiger partial charge in [-0.05, 0) is 25.1 Å². The molecule has 0 saturated heterocycles. The molecule has 7 heteroatoms. The highest BCUT2D eigenvalue weighted by Gasteiger charge is 2.20. The molecule has 23 heavy (non-hydrogen) atoms. The summed E-state index contributed by atoms with van der Waals surface area (Å²) in [6, 6.07) is 5.38.